The Morgan fingerprint density at radius 3 is 1.65 bits per heavy atom. The molecule has 0 aromatic heterocycles. The third-order valence-electron chi connectivity index (χ3n) is 20.9. The number of carboxylic acid groups (broad SMARTS) is 2. The fourth-order valence-electron chi connectivity index (χ4n) is 14.5. The molecule has 17 N–H and O–H groups in total. The molecule has 0 aliphatic carbocycles. The van der Waals surface area contributed by atoms with Crippen molar-refractivity contribution in [2.24, 2.45) is 17.4 Å². The average Bonchev–Trinajstić information content (AvgIpc) is 1.63. The van der Waals surface area contributed by atoms with Crippen LogP contribution in [0.15, 0.2) is 146 Å². The molecule has 636 valence electrons. The molecule has 3 aliphatic rings. The Hall–Kier alpha value is -11.9. The average molecular weight is 1660 g/mol. The number of guanidine groups is 1. The first-order chi connectivity index (χ1) is 57.0. The van der Waals surface area contributed by atoms with Crippen LogP contribution in [0, 0.1) is 11.3 Å². The fourth-order valence-corrected chi connectivity index (χ4v) is 14.6. The van der Waals surface area contributed by atoms with E-state index in [4.69, 9.17) is 33.2 Å². The molecule has 6 aromatic rings. The highest BCUT2D eigenvalue weighted by Gasteiger charge is 2.46. The van der Waals surface area contributed by atoms with E-state index < -0.39 is 144 Å². The van der Waals surface area contributed by atoms with Gasteiger partial charge in [-0.2, -0.15) is 0 Å². The number of aliphatic hydroxyl groups is 1. The molecular formula is C85H107ClN16O17. The largest absolute Gasteiger partial charge is 0.481 e. The molecule has 2 unspecified atom stereocenters. The van der Waals surface area contributed by atoms with Gasteiger partial charge in [0.05, 0.1) is 32.7 Å². The Bertz CT molecular complexity index is 4540. The van der Waals surface area contributed by atoms with Crippen LogP contribution in [0.25, 0.3) is 10.8 Å². The van der Waals surface area contributed by atoms with Gasteiger partial charge in [-0.1, -0.05) is 159 Å². The number of hydrogen-bond donors (Lipinski definition) is 15. The summed E-state index contributed by atoms with van der Waals surface area (Å²) in [7, 11) is 0. The first-order valence-corrected chi connectivity index (χ1v) is 40.3. The number of imide groups is 1. The molecule has 0 spiro atoms. The molecule has 3 fully saturated rings. The van der Waals surface area contributed by atoms with Crippen LogP contribution in [0.5, 0.6) is 0 Å². The summed E-state index contributed by atoms with van der Waals surface area (Å²) in [6.45, 7) is 7.28. The molecule has 0 saturated carbocycles. The highest BCUT2D eigenvalue weighted by atomic mass is 35.5. The van der Waals surface area contributed by atoms with Gasteiger partial charge >= 0.3 is 18.0 Å². The summed E-state index contributed by atoms with van der Waals surface area (Å²) in [4.78, 5) is 190. The number of primary amides is 1. The number of likely N-dealkylation sites (tertiary alicyclic amines) is 1. The number of amides is 12. The maximum atomic E-state index is 15.6. The SMILES string of the molecule is CC(C)C[C@H](NC(=O)[C@@H](Cc1ccc(CN2CCOCC2)cc1)NC(=O)[C@H](Cc1ccc(CN(CCC(=O)O)CCC(=O)O)cc1)NC(=O)[C@H](CO)NC(=O)[C@@H](Cc1ccccc1)NC(=O)C(Cc1ccc(Cl)cc1)N1C(=O)NC(Cc2ccc3ccccc3c2)C1=O)C(=O)N[C@@H](CCCNC(=N)N)C(=O)N1CCC[C@H]1C(=O)N[C@H](C)C(N)=O. The number of ether oxygens (including phenoxy) is 1. The standard InChI is InChI=1S/C85H107ClN16O17/c1-51(2)41-64(75(109)92-63(15-9-33-90-84(88)89)82(116)101-34-10-16-70(101)80(114)91-52(3)74(87)108)93-76(110)65(44-54-19-23-58(24-20-54)49-100-37-39-119-40-38-100)94-77(111)66(45-55-17-21-57(22-18-55)48-99(35-31-72(104)105)36-32-73(106)107)95-79(113)69(50-103)97-78(112)67(43-53-11-5-4-6-12-53)96-81(115)71(47-56-26-29-62(86)30-27-56)102-83(117)68(98-85(102)118)46-59-25-28-60-13-7-8-14-61(60)42-59/h4-8,11-14,17-30,42,51-52,63-71,103H,9-10,15-16,31-41,43-50H2,1-3H3,(H2,87,108)(H,91,114)(H,92,109)(H,93,110)(H,94,111)(H,95,113)(H,96,115)(H,97,112)(H,98,118)(H,104,105)(H,106,107)(H4,88,89,90)/t52-,63+,64+,65-,66+,67-,68?,69+,70+,71?/m1/s1. The van der Waals surface area contributed by atoms with Gasteiger partial charge in [0.2, 0.25) is 53.2 Å². The number of carbonyl (C=O) groups excluding carboxylic acids is 11. The number of fused-ring (bicyclic) bond motifs is 1. The van der Waals surface area contributed by atoms with Crippen molar-refractivity contribution in [2.45, 2.75) is 171 Å². The second kappa shape index (κ2) is 44.6. The minimum absolute atomic E-state index is 0.0111. The van der Waals surface area contributed by atoms with Crippen molar-refractivity contribution in [1.29, 1.82) is 5.41 Å². The Balaban J connectivity index is 1.02. The zero-order valence-corrected chi connectivity index (χ0v) is 67.6. The number of nitrogens with zero attached hydrogens (tertiary/aromatic N) is 4. The topological polar surface area (TPSA) is 489 Å². The van der Waals surface area contributed by atoms with Crippen molar-refractivity contribution < 1.29 is 82.4 Å². The normalized spacial score (nSPS) is 16.8. The van der Waals surface area contributed by atoms with Crippen LogP contribution in [-0.4, -0.2) is 237 Å². The van der Waals surface area contributed by atoms with Gasteiger partial charge in [-0.05, 0) is 107 Å². The number of aliphatic carboxylic acids is 2. The predicted molar refractivity (Wildman–Crippen MR) is 441 cm³/mol. The first kappa shape index (κ1) is 91.0. The third kappa shape index (κ3) is 27.9. The van der Waals surface area contributed by atoms with Crippen LogP contribution in [-0.2, 0) is 107 Å². The maximum Gasteiger partial charge on any atom is 0.325 e. The lowest BCUT2D eigenvalue weighted by molar-refractivity contribution is -0.142. The summed E-state index contributed by atoms with van der Waals surface area (Å²) in [6, 6.07) is 26.8. The van der Waals surface area contributed by atoms with Crippen molar-refractivity contribution in [2.75, 3.05) is 59.1 Å². The van der Waals surface area contributed by atoms with E-state index in [0.717, 1.165) is 26.8 Å². The van der Waals surface area contributed by atoms with Crippen molar-refractivity contribution >= 4 is 105 Å². The van der Waals surface area contributed by atoms with Crippen molar-refractivity contribution in [3.05, 3.63) is 190 Å². The summed E-state index contributed by atoms with van der Waals surface area (Å²) < 4.78 is 5.56. The predicted octanol–water partition coefficient (Wildman–Crippen LogP) is 2.07. The van der Waals surface area contributed by atoms with Gasteiger partial charge in [0, 0.05) is 89.5 Å². The zero-order chi connectivity index (χ0) is 85.8. The van der Waals surface area contributed by atoms with E-state index in [1.807, 2.05) is 54.6 Å². The molecule has 12 amide bonds. The van der Waals surface area contributed by atoms with E-state index in [0.29, 0.717) is 72.1 Å². The van der Waals surface area contributed by atoms with Gasteiger partial charge < -0.3 is 84.3 Å². The van der Waals surface area contributed by atoms with Gasteiger partial charge in [0.15, 0.2) is 5.96 Å². The number of hydrogen-bond acceptors (Lipinski definition) is 18. The van der Waals surface area contributed by atoms with Gasteiger partial charge in [-0.3, -0.25) is 72.7 Å². The lowest BCUT2D eigenvalue weighted by atomic mass is 9.99. The van der Waals surface area contributed by atoms with E-state index >= 15 is 24.0 Å². The molecule has 3 aliphatic heterocycles. The number of urea groups is 1. The Morgan fingerprint density at radius 1 is 0.580 bits per heavy atom. The molecule has 3 heterocycles. The van der Waals surface area contributed by atoms with Crippen LogP contribution in [0.1, 0.15) is 105 Å². The molecular weight excluding hydrogens is 1550 g/mol. The van der Waals surface area contributed by atoms with E-state index in [1.165, 1.54) is 11.8 Å². The second-order valence-electron chi connectivity index (χ2n) is 30.6. The summed E-state index contributed by atoms with van der Waals surface area (Å²) in [6.07, 6.45) is -0.846. The highest BCUT2D eigenvalue weighted by Crippen LogP contribution is 2.25. The fraction of sp³-hybridized carbons (Fsp3) is 0.435. The molecule has 0 bridgehead atoms. The molecule has 9 rings (SSSR count). The zero-order valence-electron chi connectivity index (χ0n) is 66.8. The molecule has 3 saturated heterocycles. The quantitative estimate of drug-likeness (QED) is 0.0113. The molecule has 0 radical (unpaired) electrons. The lowest BCUT2D eigenvalue weighted by Crippen LogP contribution is -2.61. The lowest BCUT2D eigenvalue weighted by Gasteiger charge is -2.31. The highest BCUT2D eigenvalue weighted by molar-refractivity contribution is 6.30. The van der Waals surface area contributed by atoms with E-state index in [9.17, 15) is 53.7 Å². The van der Waals surface area contributed by atoms with Crippen LogP contribution in [0.4, 0.5) is 4.79 Å². The first-order valence-electron chi connectivity index (χ1n) is 39.9. The van der Waals surface area contributed by atoms with Gasteiger partial charge in [-0.25, -0.2) is 9.69 Å². The number of carboxylic acids is 2. The van der Waals surface area contributed by atoms with Crippen molar-refractivity contribution in [3.63, 3.8) is 0 Å². The Kier molecular flexibility index (Phi) is 34.1. The molecule has 6 aromatic carbocycles. The maximum absolute atomic E-state index is 15.6. The van der Waals surface area contributed by atoms with E-state index in [2.05, 4.69) is 52.8 Å². The molecule has 33 nitrogen and oxygen atoms in total. The number of nitrogens with two attached hydrogens (primary N) is 2. The summed E-state index contributed by atoms with van der Waals surface area (Å²) in [5.41, 5.74) is 15.2. The van der Waals surface area contributed by atoms with Gasteiger partial charge in [0.1, 0.15) is 60.4 Å². The van der Waals surface area contributed by atoms with Crippen LogP contribution >= 0.6 is 11.6 Å². The van der Waals surface area contributed by atoms with Crippen LogP contribution in [0.2, 0.25) is 5.02 Å². The molecule has 34 heteroatoms. The number of nitrogens with one attached hydrogen (secondary N) is 10. The summed E-state index contributed by atoms with van der Waals surface area (Å²) >= 11 is 6.29. The monoisotopic (exact) mass is 1660 g/mol. The third-order valence-corrected chi connectivity index (χ3v) is 21.2. The van der Waals surface area contributed by atoms with Crippen molar-refractivity contribution in [3.8, 4) is 0 Å². The minimum Gasteiger partial charge on any atom is -0.481 e. The van der Waals surface area contributed by atoms with Gasteiger partial charge in [-0.15, -0.1) is 0 Å². The molecule has 119 heavy (non-hydrogen) atoms. The summed E-state index contributed by atoms with van der Waals surface area (Å²) in [5.74, 6) is -11.5. The number of rotatable bonds is 44. The minimum atomic E-state index is -1.89. The number of carbonyl (C=O) groups is 13. The molecule has 10 atom stereocenters. The number of aliphatic hydroxyl groups excluding tert-OH is 1. The van der Waals surface area contributed by atoms with E-state index in [1.54, 1.807) is 110 Å². The van der Waals surface area contributed by atoms with Gasteiger partial charge in [0.25, 0.3) is 5.91 Å². The number of halogens is 1. The van der Waals surface area contributed by atoms with E-state index in [-0.39, 0.29) is 115 Å². The Morgan fingerprint density at radius 2 is 1.08 bits per heavy atom. The smallest absolute Gasteiger partial charge is 0.325 e. The van der Waals surface area contributed by atoms with Crippen molar-refractivity contribution in [1.82, 2.24) is 67.5 Å². The number of benzene rings is 6. The second-order valence-corrected chi connectivity index (χ2v) is 31.0. The Labute approximate surface area is 694 Å². The van der Waals surface area contributed by atoms with Crippen LogP contribution in [0.3, 0.4) is 0 Å². The van der Waals surface area contributed by atoms with Crippen LogP contribution < -0.4 is 59.3 Å². The summed E-state index contributed by atoms with van der Waals surface area (Å²) in [5, 5.41) is 64.6. The number of morpholine rings is 1.